The summed E-state index contributed by atoms with van der Waals surface area (Å²) in [6, 6.07) is 17.7. The van der Waals surface area contributed by atoms with Crippen molar-refractivity contribution in [3.63, 3.8) is 0 Å². The van der Waals surface area contributed by atoms with Crippen molar-refractivity contribution in [2.24, 2.45) is 0 Å². The van der Waals surface area contributed by atoms with Crippen LogP contribution in [0.3, 0.4) is 0 Å². The third kappa shape index (κ3) is 3.78. The minimum atomic E-state index is 0.532. The maximum Gasteiger partial charge on any atom is 0.229 e. The van der Waals surface area contributed by atoms with Gasteiger partial charge in [0.25, 0.3) is 0 Å². The summed E-state index contributed by atoms with van der Waals surface area (Å²) in [4.78, 5) is 12.1. The number of halogens is 1. The van der Waals surface area contributed by atoms with Crippen LogP contribution >= 0.6 is 11.6 Å². The smallest absolute Gasteiger partial charge is 0.229 e. The average Bonchev–Trinajstić information content (AvgIpc) is 3.06. The maximum atomic E-state index is 6.01. The van der Waals surface area contributed by atoms with Gasteiger partial charge in [-0.25, -0.2) is 4.98 Å². The molecule has 0 aliphatic carbocycles. The number of aromatic amines is 1. The van der Waals surface area contributed by atoms with E-state index < -0.39 is 0 Å². The summed E-state index contributed by atoms with van der Waals surface area (Å²) in [7, 11) is 0. The molecule has 0 atom stereocenters. The molecule has 0 saturated carbocycles. The lowest BCUT2D eigenvalue weighted by molar-refractivity contribution is 1.01. The summed E-state index contributed by atoms with van der Waals surface area (Å²) < 4.78 is 0. The first kappa shape index (κ1) is 16.4. The molecule has 0 unspecified atom stereocenters. The van der Waals surface area contributed by atoms with Crippen LogP contribution in [0.15, 0.2) is 67.0 Å². The number of hydrogen-bond acceptors (Lipinski definition) is 4. The maximum absolute atomic E-state index is 6.01. The number of anilines is 3. The van der Waals surface area contributed by atoms with Gasteiger partial charge < -0.3 is 15.6 Å². The molecule has 26 heavy (non-hydrogen) atoms. The summed E-state index contributed by atoms with van der Waals surface area (Å²) >= 11 is 6.01. The molecule has 0 saturated heterocycles. The molecule has 3 N–H and O–H groups in total. The Bertz CT molecular complexity index is 1030. The lowest BCUT2D eigenvalue weighted by Crippen LogP contribution is -2.07. The van der Waals surface area contributed by atoms with E-state index in [1.165, 1.54) is 10.9 Å². The van der Waals surface area contributed by atoms with Gasteiger partial charge in [0.2, 0.25) is 5.95 Å². The minimum Gasteiger partial charge on any atom is -0.370 e. The average molecular weight is 364 g/mol. The Morgan fingerprint density at radius 1 is 1.04 bits per heavy atom. The highest BCUT2D eigenvalue weighted by Gasteiger charge is 2.04. The molecular weight excluding hydrogens is 346 g/mol. The van der Waals surface area contributed by atoms with Crippen LogP contribution in [-0.4, -0.2) is 21.5 Å². The van der Waals surface area contributed by atoms with Gasteiger partial charge in [0.1, 0.15) is 5.82 Å². The predicted molar refractivity (Wildman–Crippen MR) is 107 cm³/mol. The van der Waals surface area contributed by atoms with Crippen molar-refractivity contribution >= 4 is 40.0 Å². The number of fused-ring (bicyclic) bond motifs is 1. The van der Waals surface area contributed by atoms with Gasteiger partial charge in [0.05, 0.1) is 0 Å². The van der Waals surface area contributed by atoms with Crippen LogP contribution in [0.2, 0.25) is 5.02 Å². The van der Waals surface area contributed by atoms with Crippen LogP contribution in [0.1, 0.15) is 5.56 Å². The summed E-state index contributed by atoms with van der Waals surface area (Å²) in [5.74, 6) is 1.31. The Kier molecular flexibility index (Phi) is 4.71. The van der Waals surface area contributed by atoms with Crippen molar-refractivity contribution < 1.29 is 0 Å². The largest absolute Gasteiger partial charge is 0.370 e. The van der Waals surface area contributed by atoms with Crippen molar-refractivity contribution in [2.45, 2.75) is 6.42 Å². The van der Waals surface area contributed by atoms with Crippen molar-refractivity contribution in [1.82, 2.24) is 15.0 Å². The zero-order valence-corrected chi connectivity index (χ0v) is 14.8. The van der Waals surface area contributed by atoms with Crippen molar-refractivity contribution in [2.75, 3.05) is 17.2 Å². The summed E-state index contributed by atoms with van der Waals surface area (Å²) in [5, 5.41) is 8.45. The normalized spacial score (nSPS) is 10.8. The number of aromatic nitrogens is 3. The van der Waals surface area contributed by atoms with Crippen LogP contribution in [0.25, 0.3) is 10.9 Å². The lowest BCUT2D eigenvalue weighted by atomic mass is 10.1. The number of benzene rings is 2. The number of nitrogens with zero attached hydrogens (tertiary/aromatic N) is 2. The van der Waals surface area contributed by atoms with Crippen molar-refractivity contribution in [3.05, 3.63) is 77.6 Å². The monoisotopic (exact) mass is 363 g/mol. The highest BCUT2D eigenvalue weighted by molar-refractivity contribution is 6.30. The van der Waals surface area contributed by atoms with Gasteiger partial charge >= 0.3 is 0 Å². The van der Waals surface area contributed by atoms with Crippen molar-refractivity contribution in [1.29, 1.82) is 0 Å². The number of hydrogen-bond donors (Lipinski definition) is 3. The van der Waals surface area contributed by atoms with Crippen molar-refractivity contribution in [3.8, 4) is 0 Å². The molecular formula is C20H18ClN5. The van der Waals surface area contributed by atoms with E-state index in [0.29, 0.717) is 11.0 Å². The number of H-pyrrole nitrogens is 1. The Balaban J connectivity index is 1.39. The number of rotatable bonds is 6. The van der Waals surface area contributed by atoms with Gasteiger partial charge in [-0.15, -0.1) is 0 Å². The second-order valence-corrected chi connectivity index (χ2v) is 6.37. The molecule has 0 fully saturated rings. The fraction of sp³-hybridized carbons (Fsp3) is 0.100. The minimum absolute atomic E-state index is 0.532. The van der Waals surface area contributed by atoms with Crippen LogP contribution in [0, 0.1) is 0 Å². The molecule has 2 aromatic heterocycles. The molecule has 2 heterocycles. The molecule has 5 nitrogen and oxygen atoms in total. The molecule has 4 aromatic rings. The van der Waals surface area contributed by atoms with E-state index in [-0.39, 0.29) is 0 Å². The van der Waals surface area contributed by atoms with Crippen LogP contribution in [0.4, 0.5) is 17.5 Å². The first-order valence-corrected chi connectivity index (χ1v) is 8.80. The van der Waals surface area contributed by atoms with E-state index in [4.69, 9.17) is 11.6 Å². The Morgan fingerprint density at radius 2 is 1.96 bits per heavy atom. The third-order valence-corrected chi connectivity index (χ3v) is 4.35. The molecule has 0 aliphatic heterocycles. The highest BCUT2D eigenvalue weighted by atomic mass is 35.5. The zero-order chi connectivity index (χ0) is 17.8. The highest BCUT2D eigenvalue weighted by Crippen LogP contribution is 2.20. The van der Waals surface area contributed by atoms with E-state index in [2.05, 4.69) is 50.0 Å². The first-order chi connectivity index (χ1) is 12.8. The standard InChI is InChI=1S/C20H18ClN5/c21-15-4-3-5-16(12-15)25-20-23-11-9-19(26-20)22-10-8-14-13-24-18-7-2-1-6-17(14)18/h1-7,9,11-13,24H,8,10H2,(H2,22,23,25,26). The van der Waals surface area contributed by atoms with Gasteiger partial charge in [-0.05, 0) is 42.3 Å². The molecule has 130 valence electrons. The second-order valence-electron chi connectivity index (χ2n) is 5.94. The first-order valence-electron chi connectivity index (χ1n) is 8.42. The molecule has 6 heteroatoms. The fourth-order valence-corrected chi connectivity index (χ4v) is 3.07. The molecule has 0 amide bonds. The topological polar surface area (TPSA) is 65.6 Å². The van der Waals surface area contributed by atoms with Crippen LogP contribution in [0.5, 0.6) is 0 Å². The van der Waals surface area contributed by atoms with Gasteiger partial charge in [-0.3, -0.25) is 0 Å². The second kappa shape index (κ2) is 7.45. The fourth-order valence-electron chi connectivity index (χ4n) is 2.88. The Hall–Kier alpha value is -3.05. The van der Waals surface area contributed by atoms with Crippen LogP contribution in [-0.2, 0) is 6.42 Å². The zero-order valence-electron chi connectivity index (χ0n) is 14.0. The summed E-state index contributed by atoms with van der Waals surface area (Å²) in [6.45, 7) is 0.787. The van der Waals surface area contributed by atoms with Gasteiger partial charge in [-0.2, -0.15) is 4.98 Å². The molecule has 0 spiro atoms. The molecule has 0 aliphatic rings. The van der Waals surface area contributed by atoms with E-state index in [0.717, 1.165) is 30.0 Å². The quantitative estimate of drug-likeness (QED) is 0.450. The Morgan fingerprint density at radius 3 is 2.88 bits per heavy atom. The summed E-state index contributed by atoms with van der Waals surface area (Å²) in [6.07, 6.45) is 4.71. The molecule has 0 bridgehead atoms. The predicted octanol–water partition coefficient (Wildman–Crippen LogP) is 5.01. The number of nitrogens with one attached hydrogen (secondary N) is 3. The van der Waals surface area contributed by atoms with E-state index in [9.17, 15) is 0 Å². The van der Waals surface area contributed by atoms with E-state index in [1.54, 1.807) is 6.20 Å². The molecule has 4 rings (SSSR count). The molecule has 0 radical (unpaired) electrons. The number of para-hydroxylation sites is 1. The summed E-state index contributed by atoms with van der Waals surface area (Å²) in [5.41, 5.74) is 3.31. The Labute approximate surface area is 156 Å². The SMILES string of the molecule is Clc1cccc(Nc2nccc(NCCc3c[nH]c4ccccc34)n2)c1. The van der Waals surface area contributed by atoms with Gasteiger partial charge in [-0.1, -0.05) is 35.9 Å². The van der Waals surface area contributed by atoms with E-state index >= 15 is 0 Å². The third-order valence-electron chi connectivity index (χ3n) is 4.11. The lowest BCUT2D eigenvalue weighted by Gasteiger charge is -2.08. The molecule has 2 aromatic carbocycles. The van der Waals surface area contributed by atoms with E-state index in [1.807, 2.05) is 36.4 Å². The van der Waals surface area contributed by atoms with Gasteiger partial charge in [0.15, 0.2) is 0 Å². The van der Waals surface area contributed by atoms with Gasteiger partial charge in [0, 0.05) is 40.6 Å². The van der Waals surface area contributed by atoms with Crippen LogP contribution < -0.4 is 10.6 Å².